The summed E-state index contributed by atoms with van der Waals surface area (Å²) in [6.07, 6.45) is 10.6. The zero-order valence-electron chi connectivity index (χ0n) is 10.00. The summed E-state index contributed by atoms with van der Waals surface area (Å²) in [4.78, 5) is 4.06. The van der Waals surface area contributed by atoms with Gasteiger partial charge in [0.05, 0.1) is 5.56 Å². The fraction of sp³-hybridized carbons (Fsp3) is 0.214. The third kappa shape index (κ3) is 2.89. The zero-order valence-corrected chi connectivity index (χ0v) is 10.8. The number of nitrogens with zero attached hydrogens (tertiary/aromatic N) is 1. The lowest BCUT2D eigenvalue weighted by Gasteiger charge is -2.08. The minimum Gasteiger partial charge on any atom is -0.383 e. The molecule has 0 aliphatic rings. The van der Waals surface area contributed by atoms with E-state index >= 15 is 0 Å². The Morgan fingerprint density at radius 1 is 1.65 bits per heavy atom. The number of nitrogen functional groups attached to an aromatic ring is 1. The second kappa shape index (κ2) is 5.56. The van der Waals surface area contributed by atoms with Crippen LogP contribution in [0.15, 0.2) is 17.8 Å². The fourth-order valence-electron chi connectivity index (χ4n) is 1.36. The summed E-state index contributed by atoms with van der Waals surface area (Å²) < 4.78 is 0. The Morgan fingerprint density at radius 2 is 2.29 bits per heavy atom. The maximum absolute atomic E-state index is 6.13. The Kier molecular flexibility index (Phi) is 4.37. The van der Waals surface area contributed by atoms with Gasteiger partial charge in [0, 0.05) is 22.4 Å². The number of aromatic nitrogens is 1. The van der Waals surface area contributed by atoms with E-state index in [1.807, 2.05) is 19.9 Å². The molecule has 0 spiro atoms. The molecule has 0 unspecified atom stereocenters. The molecule has 0 saturated carbocycles. The van der Waals surface area contributed by atoms with E-state index in [0.29, 0.717) is 11.4 Å². The molecule has 0 aromatic carbocycles. The number of pyridine rings is 1. The first kappa shape index (κ1) is 13.3. The average Bonchev–Trinajstić information content (AvgIpc) is 2.30. The van der Waals surface area contributed by atoms with E-state index in [1.54, 1.807) is 12.3 Å². The van der Waals surface area contributed by atoms with Crippen molar-refractivity contribution in [3.05, 3.63) is 34.5 Å². The lowest BCUT2D eigenvalue weighted by atomic mass is 10.0. The predicted molar refractivity (Wildman–Crippen MR) is 75.3 cm³/mol. The number of anilines is 1. The van der Waals surface area contributed by atoms with Crippen molar-refractivity contribution in [2.24, 2.45) is 5.92 Å². The molecule has 0 aliphatic carbocycles. The lowest BCUT2D eigenvalue weighted by Crippen LogP contribution is -1.99. The zero-order chi connectivity index (χ0) is 13.0. The van der Waals surface area contributed by atoms with Crippen LogP contribution >= 0.6 is 11.6 Å². The van der Waals surface area contributed by atoms with Crippen LogP contribution in [-0.4, -0.2) is 4.98 Å². The van der Waals surface area contributed by atoms with E-state index in [1.165, 1.54) is 0 Å². The van der Waals surface area contributed by atoms with Crippen LogP contribution in [0.3, 0.4) is 0 Å². The van der Waals surface area contributed by atoms with Crippen LogP contribution in [0.1, 0.15) is 30.5 Å². The molecule has 0 amide bonds. The first-order chi connectivity index (χ1) is 8.01. The van der Waals surface area contributed by atoms with E-state index in [4.69, 9.17) is 23.8 Å². The van der Waals surface area contributed by atoms with Gasteiger partial charge in [-0.25, -0.2) is 4.98 Å². The van der Waals surface area contributed by atoms with Gasteiger partial charge in [0.1, 0.15) is 5.82 Å². The number of halogens is 1. The van der Waals surface area contributed by atoms with E-state index in [2.05, 4.69) is 17.5 Å². The van der Waals surface area contributed by atoms with Crippen LogP contribution < -0.4 is 5.73 Å². The molecule has 1 aromatic heterocycles. The molecule has 1 aromatic rings. The first-order valence-corrected chi connectivity index (χ1v) is 5.63. The largest absolute Gasteiger partial charge is 0.383 e. The number of nitrogens with two attached hydrogens (primary N) is 1. The van der Waals surface area contributed by atoms with E-state index in [0.717, 1.165) is 16.2 Å². The monoisotopic (exact) mass is 246 g/mol. The van der Waals surface area contributed by atoms with Crippen LogP contribution in [-0.2, 0) is 0 Å². The molecule has 88 valence electrons. The van der Waals surface area contributed by atoms with Crippen molar-refractivity contribution in [3.8, 4) is 12.3 Å². The molecule has 0 saturated heterocycles. The predicted octanol–water partition coefficient (Wildman–Crippen LogP) is 3.52. The van der Waals surface area contributed by atoms with Crippen molar-refractivity contribution in [2.75, 3.05) is 5.73 Å². The number of hydrogen-bond donors (Lipinski definition) is 1. The Balaban J connectivity index is 3.42. The number of terminal acetylenes is 1. The Bertz CT molecular complexity index is 508. The minimum atomic E-state index is 0.251. The Morgan fingerprint density at radius 3 is 2.76 bits per heavy atom. The van der Waals surface area contributed by atoms with Crippen molar-refractivity contribution < 1.29 is 0 Å². The van der Waals surface area contributed by atoms with Gasteiger partial charge in [-0.3, -0.25) is 0 Å². The van der Waals surface area contributed by atoms with Gasteiger partial charge < -0.3 is 5.73 Å². The summed E-state index contributed by atoms with van der Waals surface area (Å²) in [6, 6.07) is 0. The maximum atomic E-state index is 6.13. The minimum absolute atomic E-state index is 0.251. The highest BCUT2D eigenvalue weighted by atomic mass is 35.5. The van der Waals surface area contributed by atoms with Crippen LogP contribution in [0.5, 0.6) is 0 Å². The molecule has 0 fully saturated rings. The summed E-state index contributed by atoms with van der Waals surface area (Å²) in [5.74, 6) is 3.11. The standard InChI is InChI=1S/C14H15ClN2/c1-5-11-10(7-13(15)9(3)4)8-17-14(16)12(11)6-2/h2,5,7-9H,1H2,3-4H3,(H2,16,17)/b13-7+. The molecular formula is C14H15ClN2. The fourth-order valence-corrected chi connectivity index (χ4v) is 1.47. The number of hydrogen-bond acceptors (Lipinski definition) is 2. The summed E-state index contributed by atoms with van der Waals surface area (Å²) >= 11 is 6.13. The van der Waals surface area contributed by atoms with Gasteiger partial charge in [-0.15, -0.1) is 6.42 Å². The highest BCUT2D eigenvalue weighted by Crippen LogP contribution is 2.24. The summed E-state index contributed by atoms with van der Waals surface area (Å²) in [5.41, 5.74) is 7.89. The summed E-state index contributed by atoms with van der Waals surface area (Å²) in [6.45, 7) is 7.77. The Labute approximate surface area is 107 Å². The molecule has 0 radical (unpaired) electrons. The van der Waals surface area contributed by atoms with Gasteiger partial charge in [0.2, 0.25) is 0 Å². The van der Waals surface area contributed by atoms with Crippen molar-refractivity contribution in [1.82, 2.24) is 4.98 Å². The first-order valence-electron chi connectivity index (χ1n) is 5.25. The molecule has 0 aliphatic heterocycles. The Hall–Kier alpha value is -1.72. The van der Waals surface area contributed by atoms with E-state index < -0.39 is 0 Å². The molecular weight excluding hydrogens is 232 g/mol. The molecule has 2 nitrogen and oxygen atoms in total. The average molecular weight is 247 g/mol. The number of allylic oxidation sites excluding steroid dienone is 1. The molecule has 0 bridgehead atoms. The quantitative estimate of drug-likeness (QED) is 0.829. The van der Waals surface area contributed by atoms with Crippen LogP contribution in [0.2, 0.25) is 0 Å². The molecule has 1 heterocycles. The third-order valence-corrected chi connectivity index (χ3v) is 2.92. The second-order valence-electron chi connectivity index (χ2n) is 3.92. The van der Waals surface area contributed by atoms with Crippen molar-refractivity contribution in [1.29, 1.82) is 0 Å². The topological polar surface area (TPSA) is 38.9 Å². The van der Waals surface area contributed by atoms with E-state index in [-0.39, 0.29) is 5.92 Å². The third-order valence-electron chi connectivity index (χ3n) is 2.37. The molecule has 2 N–H and O–H groups in total. The molecule has 0 atom stereocenters. The molecule has 1 rings (SSSR count). The van der Waals surface area contributed by atoms with Gasteiger partial charge in [-0.1, -0.05) is 44.0 Å². The maximum Gasteiger partial charge on any atom is 0.139 e. The van der Waals surface area contributed by atoms with Crippen LogP contribution in [0.4, 0.5) is 5.82 Å². The SMILES string of the molecule is C#Cc1c(N)ncc(/C=C(/Cl)C(C)C)c1C=C. The van der Waals surface area contributed by atoms with Crippen molar-refractivity contribution in [2.45, 2.75) is 13.8 Å². The van der Waals surface area contributed by atoms with Gasteiger partial charge in [0.15, 0.2) is 0 Å². The van der Waals surface area contributed by atoms with Crippen LogP contribution in [0, 0.1) is 18.3 Å². The van der Waals surface area contributed by atoms with Gasteiger partial charge in [-0.05, 0) is 12.0 Å². The van der Waals surface area contributed by atoms with Gasteiger partial charge in [0.25, 0.3) is 0 Å². The van der Waals surface area contributed by atoms with Crippen molar-refractivity contribution in [3.63, 3.8) is 0 Å². The highest BCUT2D eigenvalue weighted by Gasteiger charge is 2.08. The summed E-state index contributed by atoms with van der Waals surface area (Å²) in [5, 5.41) is 0.739. The van der Waals surface area contributed by atoms with Gasteiger partial charge >= 0.3 is 0 Å². The molecule has 17 heavy (non-hydrogen) atoms. The van der Waals surface area contributed by atoms with Gasteiger partial charge in [-0.2, -0.15) is 0 Å². The smallest absolute Gasteiger partial charge is 0.139 e. The normalized spacial score (nSPS) is 11.4. The van der Waals surface area contributed by atoms with Crippen LogP contribution in [0.25, 0.3) is 12.2 Å². The second-order valence-corrected chi connectivity index (χ2v) is 4.36. The molecule has 3 heteroatoms. The van der Waals surface area contributed by atoms with E-state index in [9.17, 15) is 0 Å². The lowest BCUT2D eigenvalue weighted by molar-refractivity contribution is 0.818. The summed E-state index contributed by atoms with van der Waals surface area (Å²) in [7, 11) is 0. The highest BCUT2D eigenvalue weighted by molar-refractivity contribution is 6.31. The number of rotatable bonds is 3. The van der Waals surface area contributed by atoms with Crippen molar-refractivity contribution >= 4 is 29.6 Å².